The van der Waals surface area contributed by atoms with Gasteiger partial charge in [-0.25, -0.2) is 0 Å². The molecule has 96 valence electrons. The highest BCUT2D eigenvalue weighted by atomic mass is 16.4. The molecule has 1 aliphatic heterocycles. The maximum atomic E-state index is 12.0. The topological polar surface area (TPSA) is 78.4 Å². The number of carboxylic acid groups (broad SMARTS) is 1. The molecule has 1 amide bonds. The van der Waals surface area contributed by atoms with Crippen molar-refractivity contribution < 1.29 is 14.7 Å². The Morgan fingerprint density at radius 1 is 1.06 bits per heavy atom. The predicted octanol–water partition coefficient (Wildman–Crippen LogP) is 0.356. The molecule has 0 spiro atoms. The number of carbonyl (C=O) groups is 2. The highest BCUT2D eigenvalue weighted by molar-refractivity contribution is 5.85. The molecule has 2 rings (SSSR count). The van der Waals surface area contributed by atoms with Gasteiger partial charge >= 0.3 is 5.97 Å². The Balaban J connectivity index is 1.88. The molecule has 1 aliphatic carbocycles. The molecule has 2 fully saturated rings. The normalized spacial score (nSPS) is 30.1. The fourth-order valence-corrected chi connectivity index (χ4v) is 2.84. The molecule has 2 atom stereocenters. The van der Waals surface area contributed by atoms with E-state index < -0.39 is 11.9 Å². The average Bonchev–Trinajstić information content (AvgIpc) is 2.79. The van der Waals surface area contributed by atoms with Gasteiger partial charge in [-0.1, -0.05) is 6.42 Å². The minimum atomic E-state index is -0.826. The zero-order chi connectivity index (χ0) is 12.3. The van der Waals surface area contributed by atoms with E-state index in [0.717, 1.165) is 32.4 Å². The number of hydrogen-bond donors (Lipinski definition) is 3. The van der Waals surface area contributed by atoms with Crippen molar-refractivity contribution >= 4 is 11.9 Å². The van der Waals surface area contributed by atoms with Gasteiger partial charge in [0.05, 0.1) is 11.8 Å². The third kappa shape index (κ3) is 2.97. The van der Waals surface area contributed by atoms with E-state index in [9.17, 15) is 9.59 Å². The summed E-state index contributed by atoms with van der Waals surface area (Å²) in [6, 6.07) is 0.221. The van der Waals surface area contributed by atoms with Gasteiger partial charge in [0.2, 0.25) is 5.91 Å². The van der Waals surface area contributed by atoms with E-state index in [1.807, 2.05) is 0 Å². The monoisotopic (exact) mass is 240 g/mol. The van der Waals surface area contributed by atoms with Crippen LogP contribution in [-0.4, -0.2) is 36.1 Å². The second kappa shape index (κ2) is 5.49. The molecule has 5 nitrogen and oxygen atoms in total. The van der Waals surface area contributed by atoms with Crippen molar-refractivity contribution in [1.29, 1.82) is 0 Å². The standard InChI is InChI=1S/C12H20N2O3/c15-11(14-8-4-6-13-7-5-8)9-2-1-3-10(9)12(16)17/h8-10,13H,1-7H2,(H,14,15)(H,16,17)/t9-,10+/m1/s1. The minimum Gasteiger partial charge on any atom is -0.481 e. The van der Waals surface area contributed by atoms with Crippen LogP contribution in [0.5, 0.6) is 0 Å². The van der Waals surface area contributed by atoms with Gasteiger partial charge in [-0.05, 0) is 38.8 Å². The Kier molecular flexibility index (Phi) is 3.99. The Bertz CT molecular complexity index is 300. The zero-order valence-corrected chi connectivity index (χ0v) is 9.95. The number of rotatable bonds is 3. The summed E-state index contributed by atoms with van der Waals surface area (Å²) in [5, 5.41) is 15.3. The fraction of sp³-hybridized carbons (Fsp3) is 0.833. The van der Waals surface area contributed by atoms with E-state index in [0.29, 0.717) is 12.8 Å². The third-order valence-electron chi connectivity index (χ3n) is 3.86. The van der Waals surface area contributed by atoms with E-state index in [2.05, 4.69) is 10.6 Å². The molecule has 0 bridgehead atoms. The molecule has 17 heavy (non-hydrogen) atoms. The van der Waals surface area contributed by atoms with Crippen LogP contribution >= 0.6 is 0 Å². The first kappa shape index (κ1) is 12.4. The summed E-state index contributed by atoms with van der Waals surface area (Å²) >= 11 is 0. The van der Waals surface area contributed by atoms with Gasteiger partial charge in [0, 0.05) is 6.04 Å². The second-order valence-electron chi connectivity index (χ2n) is 5.01. The summed E-state index contributed by atoms with van der Waals surface area (Å²) in [4.78, 5) is 23.1. The van der Waals surface area contributed by atoms with Gasteiger partial charge in [0.25, 0.3) is 0 Å². The quantitative estimate of drug-likeness (QED) is 0.665. The van der Waals surface area contributed by atoms with Crippen LogP contribution in [0.4, 0.5) is 0 Å². The van der Waals surface area contributed by atoms with E-state index >= 15 is 0 Å². The highest BCUT2D eigenvalue weighted by Crippen LogP contribution is 2.32. The van der Waals surface area contributed by atoms with Crippen LogP contribution in [-0.2, 0) is 9.59 Å². The Hall–Kier alpha value is -1.10. The summed E-state index contributed by atoms with van der Waals surface area (Å²) in [6.07, 6.45) is 4.08. The summed E-state index contributed by atoms with van der Waals surface area (Å²) < 4.78 is 0. The first-order valence-electron chi connectivity index (χ1n) is 6.42. The van der Waals surface area contributed by atoms with Crippen molar-refractivity contribution in [3.8, 4) is 0 Å². The van der Waals surface area contributed by atoms with Crippen molar-refractivity contribution in [2.75, 3.05) is 13.1 Å². The van der Waals surface area contributed by atoms with Gasteiger partial charge in [-0.15, -0.1) is 0 Å². The van der Waals surface area contributed by atoms with Crippen LogP contribution in [0, 0.1) is 11.8 Å². The van der Waals surface area contributed by atoms with Gasteiger partial charge in [-0.3, -0.25) is 9.59 Å². The van der Waals surface area contributed by atoms with Crippen LogP contribution in [0.25, 0.3) is 0 Å². The van der Waals surface area contributed by atoms with Crippen LogP contribution in [0.2, 0.25) is 0 Å². The van der Waals surface area contributed by atoms with Crippen molar-refractivity contribution in [3.63, 3.8) is 0 Å². The van der Waals surface area contributed by atoms with Crippen molar-refractivity contribution in [2.45, 2.75) is 38.1 Å². The predicted molar refractivity (Wildman–Crippen MR) is 62.5 cm³/mol. The van der Waals surface area contributed by atoms with E-state index in [1.54, 1.807) is 0 Å². The van der Waals surface area contributed by atoms with Gasteiger partial charge in [0.1, 0.15) is 0 Å². The third-order valence-corrected chi connectivity index (χ3v) is 3.86. The summed E-state index contributed by atoms with van der Waals surface area (Å²) in [5.74, 6) is -1.67. The lowest BCUT2D eigenvalue weighted by molar-refractivity contribution is -0.146. The lowest BCUT2D eigenvalue weighted by Gasteiger charge is -2.26. The number of carbonyl (C=O) groups excluding carboxylic acids is 1. The number of amides is 1. The van der Waals surface area contributed by atoms with Crippen LogP contribution in [0.3, 0.4) is 0 Å². The molecule has 0 aromatic rings. The maximum Gasteiger partial charge on any atom is 0.307 e. The van der Waals surface area contributed by atoms with Crippen LogP contribution < -0.4 is 10.6 Å². The van der Waals surface area contributed by atoms with Gasteiger partial charge in [-0.2, -0.15) is 0 Å². The van der Waals surface area contributed by atoms with E-state index in [4.69, 9.17) is 5.11 Å². The fourth-order valence-electron chi connectivity index (χ4n) is 2.84. The van der Waals surface area contributed by atoms with Crippen molar-refractivity contribution in [3.05, 3.63) is 0 Å². The van der Waals surface area contributed by atoms with Crippen molar-refractivity contribution in [1.82, 2.24) is 10.6 Å². The zero-order valence-electron chi connectivity index (χ0n) is 9.95. The summed E-state index contributed by atoms with van der Waals surface area (Å²) in [6.45, 7) is 1.86. The lowest BCUT2D eigenvalue weighted by Crippen LogP contribution is -2.46. The Morgan fingerprint density at radius 2 is 1.71 bits per heavy atom. The molecule has 0 aromatic carbocycles. The molecule has 0 unspecified atom stereocenters. The highest BCUT2D eigenvalue weighted by Gasteiger charge is 2.38. The average molecular weight is 240 g/mol. The molecule has 0 aromatic heterocycles. The molecule has 0 radical (unpaired) electrons. The SMILES string of the molecule is O=C(O)[C@H]1CCC[C@H]1C(=O)NC1CCNCC1. The number of hydrogen-bond acceptors (Lipinski definition) is 3. The molecular formula is C12H20N2O3. The molecule has 1 saturated carbocycles. The molecule has 5 heteroatoms. The first-order chi connectivity index (χ1) is 8.18. The van der Waals surface area contributed by atoms with E-state index in [-0.39, 0.29) is 17.9 Å². The van der Waals surface area contributed by atoms with Crippen LogP contribution in [0.15, 0.2) is 0 Å². The minimum absolute atomic E-state index is 0.0539. The Morgan fingerprint density at radius 3 is 2.35 bits per heavy atom. The largest absolute Gasteiger partial charge is 0.481 e. The van der Waals surface area contributed by atoms with E-state index in [1.165, 1.54) is 0 Å². The molecule has 1 saturated heterocycles. The smallest absolute Gasteiger partial charge is 0.307 e. The van der Waals surface area contributed by atoms with Crippen molar-refractivity contribution in [2.24, 2.45) is 11.8 Å². The number of piperidine rings is 1. The first-order valence-corrected chi connectivity index (χ1v) is 6.42. The number of aliphatic carboxylic acids is 1. The Labute approximate surface area is 101 Å². The molecule has 3 N–H and O–H groups in total. The summed E-state index contributed by atoms with van der Waals surface area (Å²) in [5.41, 5.74) is 0. The maximum absolute atomic E-state index is 12.0. The molecule has 1 heterocycles. The molecule has 2 aliphatic rings. The van der Waals surface area contributed by atoms with Crippen LogP contribution in [0.1, 0.15) is 32.1 Å². The van der Waals surface area contributed by atoms with Gasteiger partial charge < -0.3 is 15.7 Å². The molecular weight excluding hydrogens is 220 g/mol. The number of carboxylic acids is 1. The second-order valence-corrected chi connectivity index (χ2v) is 5.01. The van der Waals surface area contributed by atoms with Gasteiger partial charge in [0.15, 0.2) is 0 Å². The summed E-state index contributed by atoms with van der Waals surface area (Å²) in [7, 11) is 0. The number of nitrogens with one attached hydrogen (secondary N) is 2. The lowest BCUT2D eigenvalue weighted by atomic mass is 9.94.